The largest absolute Gasteiger partial charge is 0.374 e. The molecule has 0 aliphatic heterocycles. The van der Waals surface area contributed by atoms with Crippen molar-refractivity contribution in [2.75, 3.05) is 10.6 Å². The Morgan fingerprint density at radius 1 is 1.00 bits per heavy atom. The minimum atomic E-state index is -0.492. The fourth-order valence-corrected chi connectivity index (χ4v) is 2.12. The quantitative estimate of drug-likeness (QED) is 0.767. The van der Waals surface area contributed by atoms with Gasteiger partial charge in [0.25, 0.3) is 0 Å². The summed E-state index contributed by atoms with van der Waals surface area (Å²) in [4.78, 5) is 23.2. The first-order valence-corrected chi connectivity index (χ1v) is 7.56. The van der Waals surface area contributed by atoms with Crippen LogP contribution in [0.25, 0.3) is 0 Å². The lowest BCUT2D eigenvalue weighted by atomic mass is 10.1. The van der Waals surface area contributed by atoms with E-state index in [1.807, 2.05) is 24.3 Å². The zero-order valence-electron chi connectivity index (χ0n) is 13.3. The van der Waals surface area contributed by atoms with Crippen LogP contribution in [-0.4, -0.2) is 17.9 Å². The molecule has 0 saturated heterocycles. The van der Waals surface area contributed by atoms with E-state index in [-0.39, 0.29) is 5.91 Å². The van der Waals surface area contributed by atoms with Crippen molar-refractivity contribution < 1.29 is 9.59 Å². The van der Waals surface area contributed by atoms with E-state index in [0.717, 1.165) is 12.1 Å². The van der Waals surface area contributed by atoms with Gasteiger partial charge in [0.2, 0.25) is 11.8 Å². The highest BCUT2D eigenvalue weighted by atomic mass is 16.2. The van der Waals surface area contributed by atoms with Gasteiger partial charge in [-0.15, -0.1) is 0 Å². The van der Waals surface area contributed by atoms with E-state index in [1.165, 1.54) is 5.56 Å². The topological polar surface area (TPSA) is 84.2 Å². The number of hydrogen-bond acceptors (Lipinski definition) is 3. The van der Waals surface area contributed by atoms with Crippen molar-refractivity contribution >= 4 is 23.2 Å². The molecule has 0 saturated carbocycles. The Morgan fingerprint density at radius 3 is 2.09 bits per heavy atom. The van der Waals surface area contributed by atoms with Crippen molar-refractivity contribution in [2.24, 2.45) is 5.73 Å². The molecule has 2 rings (SSSR count). The average Bonchev–Trinajstić information content (AvgIpc) is 2.56. The van der Waals surface area contributed by atoms with Crippen LogP contribution in [0, 0.1) is 0 Å². The molecule has 0 radical (unpaired) electrons. The number of rotatable bonds is 6. The number of carbonyl (C=O) groups is 2. The second-order valence-corrected chi connectivity index (χ2v) is 5.35. The van der Waals surface area contributed by atoms with Gasteiger partial charge in [-0.25, -0.2) is 0 Å². The van der Waals surface area contributed by atoms with Gasteiger partial charge in [-0.2, -0.15) is 0 Å². The van der Waals surface area contributed by atoms with Crippen LogP contribution in [0.1, 0.15) is 29.8 Å². The second-order valence-electron chi connectivity index (χ2n) is 5.35. The van der Waals surface area contributed by atoms with Crippen molar-refractivity contribution in [1.82, 2.24) is 0 Å². The van der Waals surface area contributed by atoms with Crippen LogP contribution >= 0.6 is 0 Å². The molecule has 1 atom stereocenters. The van der Waals surface area contributed by atoms with Crippen LogP contribution < -0.4 is 16.4 Å². The SMILES string of the molecule is CCc1ccc(N[C@H](C)C(=O)Nc2ccc(C(N)=O)cc2)cc1. The Bertz CT molecular complexity index is 678. The number of carbonyl (C=O) groups excluding carboxylic acids is 2. The van der Waals surface area contributed by atoms with E-state index < -0.39 is 11.9 Å². The number of benzene rings is 2. The van der Waals surface area contributed by atoms with Gasteiger partial charge in [-0.3, -0.25) is 9.59 Å². The maximum absolute atomic E-state index is 12.2. The summed E-state index contributed by atoms with van der Waals surface area (Å²) in [7, 11) is 0. The second kappa shape index (κ2) is 7.45. The number of amides is 2. The first-order valence-electron chi connectivity index (χ1n) is 7.56. The Balaban J connectivity index is 1.94. The van der Waals surface area contributed by atoms with Crippen molar-refractivity contribution in [2.45, 2.75) is 26.3 Å². The van der Waals surface area contributed by atoms with Crippen LogP contribution in [0.15, 0.2) is 48.5 Å². The highest BCUT2D eigenvalue weighted by molar-refractivity contribution is 5.97. The average molecular weight is 311 g/mol. The summed E-state index contributed by atoms with van der Waals surface area (Å²) in [6.45, 7) is 3.89. The Morgan fingerprint density at radius 2 is 1.57 bits per heavy atom. The molecule has 0 aliphatic carbocycles. The molecule has 120 valence electrons. The molecule has 0 heterocycles. The van der Waals surface area contributed by atoms with E-state index in [2.05, 4.69) is 17.6 Å². The third-order valence-electron chi connectivity index (χ3n) is 3.58. The summed E-state index contributed by atoms with van der Waals surface area (Å²) in [6, 6.07) is 14.1. The monoisotopic (exact) mass is 311 g/mol. The predicted molar refractivity (Wildman–Crippen MR) is 92.5 cm³/mol. The van der Waals surface area contributed by atoms with E-state index in [9.17, 15) is 9.59 Å². The molecule has 4 N–H and O–H groups in total. The van der Waals surface area contributed by atoms with E-state index in [1.54, 1.807) is 31.2 Å². The van der Waals surface area contributed by atoms with Crippen LogP contribution in [0.3, 0.4) is 0 Å². The lowest BCUT2D eigenvalue weighted by molar-refractivity contribution is -0.116. The van der Waals surface area contributed by atoms with Crippen LogP contribution in [-0.2, 0) is 11.2 Å². The maximum atomic E-state index is 12.2. The molecule has 0 unspecified atom stereocenters. The summed E-state index contributed by atoms with van der Waals surface area (Å²) in [5.74, 6) is -0.648. The fourth-order valence-electron chi connectivity index (χ4n) is 2.12. The van der Waals surface area contributed by atoms with Gasteiger partial charge in [-0.1, -0.05) is 19.1 Å². The smallest absolute Gasteiger partial charge is 0.248 e. The summed E-state index contributed by atoms with van der Waals surface area (Å²) in [5.41, 5.74) is 8.36. The lowest BCUT2D eigenvalue weighted by Gasteiger charge is -2.15. The number of nitrogens with one attached hydrogen (secondary N) is 2. The third-order valence-corrected chi connectivity index (χ3v) is 3.58. The molecule has 0 spiro atoms. The summed E-state index contributed by atoms with van der Waals surface area (Å²) in [5, 5.41) is 5.95. The van der Waals surface area contributed by atoms with E-state index in [4.69, 9.17) is 5.73 Å². The van der Waals surface area contributed by atoms with Gasteiger partial charge in [0, 0.05) is 16.9 Å². The third kappa shape index (κ3) is 4.57. The molecule has 0 aromatic heterocycles. The Kier molecular flexibility index (Phi) is 5.36. The van der Waals surface area contributed by atoms with Crippen molar-refractivity contribution in [3.05, 3.63) is 59.7 Å². The molecule has 5 heteroatoms. The number of hydrogen-bond donors (Lipinski definition) is 3. The minimum Gasteiger partial charge on any atom is -0.374 e. The summed E-state index contributed by atoms with van der Waals surface area (Å²) >= 11 is 0. The van der Waals surface area contributed by atoms with Crippen LogP contribution in [0.2, 0.25) is 0 Å². The first-order chi connectivity index (χ1) is 11.0. The molecule has 0 aliphatic rings. The summed E-state index contributed by atoms with van der Waals surface area (Å²) < 4.78 is 0. The summed E-state index contributed by atoms with van der Waals surface area (Å²) in [6.07, 6.45) is 0.984. The maximum Gasteiger partial charge on any atom is 0.248 e. The normalized spacial score (nSPS) is 11.6. The predicted octanol–water partition coefficient (Wildman–Crippen LogP) is 2.79. The molecule has 2 amide bonds. The standard InChI is InChI=1S/C18H21N3O2/c1-3-13-4-8-15(9-5-13)20-12(2)18(23)21-16-10-6-14(7-11-16)17(19)22/h4-12,20H,3H2,1-2H3,(H2,19,22)(H,21,23)/t12-/m1/s1. The molecule has 2 aromatic rings. The van der Waals surface area contributed by atoms with Gasteiger partial charge in [-0.05, 0) is 55.3 Å². The first kappa shape index (κ1) is 16.5. The van der Waals surface area contributed by atoms with Gasteiger partial charge >= 0.3 is 0 Å². The zero-order chi connectivity index (χ0) is 16.8. The van der Waals surface area contributed by atoms with Gasteiger partial charge in [0.1, 0.15) is 6.04 Å². The molecule has 0 bridgehead atoms. The number of primary amides is 1. The molecular formula is C18H21N3O2. The minimum absolute atomic E-state index is 0.156. The molecule has 2 aromatic carbocycles. The highest BCUT2D eigenvalue weighted by Gasteiger charge is 2.13. The zero-order valence-corrected chi connectivity index (χ0v) is 13.3. The van der Waals surface area contributed by atoms with Gasteiger partial charge in [0.05, 0.1) is 0 Å². The van der Waals surface area contributed by atoms with Crippen molar-refractivity contribution in [3.8, 4) is 0 Å². The van der Waals surface area contributed by atoms with Crippen LogP contribution in [0.4, 0.5) is 11.4 Å². The van der Waals surface area contributed by atoms with Crippen molar-refractivity contribution in [1.29, 1.82) is 0 Å². The van der Waals surface area contributed by atoms with Crippen molar-refractivity contribution in [3.63, 3.8) is 0 Å². The number of aryl methyl sites for hydroxylation is 1. The number of nitrogens with two attached hydrogens (primary N) is 1. The fraction of sp³-hybridized carbons (Fsp3) is 0.222. The number of anilines is 2. The Hall–Kier alpha value is -2.82. The van der Waals surface area contributed by atoms with Gasteiger partial charge in [0.15, 0.2) is 0 Å². The van der Waals surface area contributed by atoms with E-state index >= 15 is 0 Å². The molecular weight excluding hydrogens is 290 g/mol. The highest BCUT2D eigenvalue weighted by Crippen LogP contribution is 2.13. The van der Waals surface area contributed by atoms with Crippen LogP contribution in [0.5, 0.6) is 0 Å². The van der Waals surface area contributed by atoms with Gasteiger partial charge < -0.3 is 16.4 Å². The molecule has 23 heavy (non-hydrogen) atoms. The Labute approximate surface area is 135 Å². The molecule has 0 fully saturated rings. The molecule has 5 nitrogen and oxygen atoms in total. The van der Waals surface area contributed by atoms with E-state index in [0.29, 0.717) is 11.3 Å². The lowest BCUT2D eigenvalue weighted by Crippen LogP contribution is -2.31.